The number of hydrogen-bond donors (Lipinski definition) is 0. The molecule has 0 saturated carbocycles. The van der Waals surface area contributed by atoms with Gasteiger partial charge in [0.25, 0.3) is 0 Å². The minimum Gasteiger partial charge on any atom is -0.368 e. The summed E-state index contributed by atoms with van der Waals surface area (Å²) in [5, 5.41) is 10.5. The molecule has 126 valence electrons. The van der Waals surface area contributed by atoms with Crippen LogP contribution in [0.3, 0.4) is 0 Å². The van der Waals surface area contributed by atoms with E-state index in [2.05, 4.69) is 50.0 Å². The third-order valence-electron chi connectivity index (χ3n) is 4.49. The number of rotatable bonds is 3. The molecule has 0 spiro atoms. The minimum atomic E-state index is 0.739. The fourth-order valence-corrected chi connectivity index (χ4v) is 4.55. The van der Waals surface area contributed by atoms with E-state index in [4.69, 9.17) is 4.98 Å². The van der Waals surface area contributed by atoms with Gasteiger partial charge >= 0.3 is 0 Å². The van der Waals surface area contributed by atoms with Crippen LogP contribution in [-0.2, 0) is 6.54 Å². The summed E-state index contributed by atoms with van der Waals surface area (Å²) in [5.41, 5.74) is 2.85. The molecule has 0 amide bonds. The van der Waals surface area contributed by atoms with Gasteiger partial charge in [-0.2, -0.15) is 5.26 Å². The van der Waals surface area contributed by atoms with Crippen LogP contribution in [0.2, 0.25) is 0 Å². The van der Waals surface area contributed by atoms with E-state index in [1.807, 2.05) is 24.3 Å². The maximum atomic E-state index is 9.35. The molecule has 6 heteroatoms. The molecule has 25 heavy (non-hydrogen) atoms. The molecule has 0 radical (unpaired) electrons. The van der Waals surface area contributed by atoms with E-state index in [1.54, 1.807) is 11.3 Å². The van der Waals surface area contributed by atoms with Gasteiger partial charge in [0.05, 0.1) is 28.0 Å². The zero-order chi connectivity index (χ0) is 17.2. The quantitative estimate of drug-likeness (QED) is 0.644. The zero-order valence-electron chi connectivity index (χ0n) is 13.7. The topological polar surface area (TPSA) is 43.2 Å². The maximum absolute atomic E-state index is 9.35. The van der Waals surface area contributed by atoms with Crippen molar-refractivity contribution in [2.24, 2.45) is 0 Å². The van der Waals surface area contributed by atoms with Gasteiger partial charge in [0.1, 0.15) is 11.1 Å². The largest absolute Gasteiger partial charge is 0.368 e. The second-order valence-corrected chi connectivity index (χ2v) is 8.14. The highest BCUT2D eigenvalue weighted by atomic mass is 79.9. The zero-order valence-corrected chi connectivity index (χ0v) is 16.1. The number of nitriles is 1. The van der Waals surface area contributed by atoms with Gasteiger partial charge in [0.2, 0.25) is 0 Å². The second-order valence-electron chi connectivity index (χ2n) is 6.11. The Kier molecular flexibility index (Phi) is 4.71. The van der Waals surface area contributed by atoms with Crippen LogP contribution < -0.4 is 4.90 Å². The first-order valence-corrected chi connectivity index (χ1v) is 9.85. The van der Waals surface area contributed by atoms with Crippen LogP contribution in [0.5, 0.6) is 0 Å². The number of aromatic nitrogens is 1. The summed E-state index contributed by atoms with van der Waals surface area (Å²) >= 11 is 5.29. The molecule has 0 bridgehead atoms. The van der Waals surface area contributed by atoms with Gasteiger partial charge in [-0.25, -0.2) is 4.98 Å². The Morgan fingerprint density at radius 1 is 1.12 bits per heavy atom. The van der Waals surface area contributed by atoms with Gasteiger partial charge in [-0.15, -0.1) is 11.3 Å². The monoisotopic (exact) mass is 412 g/mol. The molecule has 4 rings (SSSR count). The number of benzene rings is 2. The Morgan fingerprint density at radius 3 is 2.68 bits per heavy atom. The standard InChI is InChI=1S/C19H17BrN4S/c20-15-6-5-14(12-21)17(11-15)24-9-7-23(8-10-24)13-19-22-16-3-1-2-4-18(16)25-19/h1-6,11H,7-10,13H2. The third kappa shape index (κ3) is 3.54. The van der Waals surface area contributed by atoms with Crippen LogP contribution in [0.15, 0.2) is 46.9 Å². The lowest BCUT2D eigenvalue weighted by Gasteiger charge is -2.36. The Balaban J connectivity index is 1.43. The highest BCUT2D eigenvalue weighted by Gasteiger charge is 2.20. The molecule has 2 aromatic carbocycles. The molecule has 1 aliphatic rings. The fourth-order valence-electron chi connectivity index (χ4n) is 3.19. The first-order chi connectivity index (χ1) is 12.2. The lowest BCUT2D eigenvalue weighted by molar-refractivity contribution is 0.249. The van der Waals surface area contributed by atoms with Crippen molar-refractivity contribution in [1.82, 2.24) is 9.88 Å². The van der Waals surface area contributed by atoms with Crippen molar-refractivity contribution < 1.29 is 0 Å². The van der Waals surface area contributed by atoms with Crippen molar-refractivity contribution in [3.8, 4) is 6.07 Å². The third-order valence-corrected chi connectivity index (χ3v) is 6.00. The summed E-state index contributed by atoms with van der Waals surface area (Å²) in [4.78, 5) is 9.48. The first-order valence-electron chi connectivity index (χ1n) is 8.24. The van der Waals surface area contributed by atoms with Gasteiger partial charge in [-0.05, 0) is 30.3 Å². The predicted molar refractivity (Wildman–Crippen MR) is 106 cm³/mol. The summed E-state index contributed by atoms with van der Waals surface area (Å²) in [6.45, 7) is 4.71. The summed E-state index contributed by atoms with van der Waals surface area (Å²) < 4.78 is 2.27. The molecule has 1 aromatic heterocycles. The average molecular weight is 413 g/mol. The summed E-state index contributed by atoms with van der Waals surface area (Å²) in [7, 11) is 0. The molecule has 1 fully saturated rings. The average Bonchev–Trinajstić information content (AvgIpc) is 3.04. The molecule has 4 nitrogen and oxygen atoms in total. The van der Waals surface area contributed by atoms with Crippen molar-refractivity contribution in [2.75, 3.05) is 31.1 Å². The molecule has 3 aromatic rings. The molecule has 0 atom stereocenters. The summed E-state index contributed by atoms with van der Waals surface area (Å²) in [6.07, 6.45) is 0. The fraction of sp³-hybridized carbons (Fsp3) is 0.263. The van der Waals surface area contributed by atoms with E-state index in [-0.39, 0.29) is 0 Å². The highest BCUT2D eigenvalue weighted by Crippen LogP contribution is 2.27. The lowest BCUT2D eigenvalue weighted by Crippen LogP contribution is -2.46. The maximum Gasteiger partial charge on any atom is 0.108 e. The number of halogens is 1. The van der Waals surface area contributed by atoms with Crippen LogP contribution in [0, 0.1) is 11.3 Å². The van der Waals surface area contributed by atoms with E-state index < -0.39 is 0 Å². The van der Waals surface area contributed by atoms with Crippen molar-refractivity contribution in [1.29, 1.82) is 5.26 Å². The summed E-state index contributed by atoms with van der Waals surface area (Å²) in [5.74, 6) is 0. The van der Waals surface area contributed by atoms with E-state index in [0.717, 1.165) is 54.0 Å². The van der Waals surface area contributed by atoms with Crippen molar-refractivity contribution in [2.45, 2.75) is 6.54 Å². The molecule has 2 heterocycles. The normalized spacial score (nSPS) is 15.4. The van der Waals surface area contributed by atoms with E-state index in [1.165, 1.54) is 9.71 Å². The van der Waals surface area contributed by atoms with Crippen LogP contribution in [0.25, 0.3) is 10.2 Å². The van der Waals surface area contributed by atoms with Crippen LogP contribution in [0.1, 0.15) is 10.6 Å². The van der Waals surface area contributed by atoms with Crippen molar-refractivity contribution >= 4 is 43.2 Å². The van der Waals surface area contributed by atoms with Gasteiger partial charge < -0.3 is 4.90 Å². The van der Waals surface area contributed by atoms with Gasteiger partial charge in [0, 0.05) is 30.7 Å². The Hall–Kier alpha value is -1.94. The number of thiazole rings is 1. The number of nitrogens with zero attached hydrogens (tertiary/aromatic N) is 4. The SMILES string of the molecule is N#Cc1ccc(Br)cc1N1CCN(Cc2nc3ccccc3s2)CC1. The lowest BCUT2D eigenvalue weighted by atomic mass is 10.1. The molecule has 0 N–H and O–H groups in total. The Bertz CT molecular complexity index is 905. The Morgan fingerprint density at radius 2 is 1.92 bits per heavy atom. The highest BCUT2D eigenvalue weighted by molar-refractivity contribution is 9.10. The van der Waals surface area contributed by atoms with E-state index in [0.29, 0.717) is 0 Å². The van der Waals surface area contributed by atoms with Gasteiger partial charge in [0.15, 0.2) is 0 Å². The van der Waals surface area contributed by atoms with Crippen molar-refractivity contribution in [3.63, 3.8) is 0 Å². The molecule has 0 unspecified atom stereocenters. The predicted octanol–water partition coefficient (Wildman–Crippen LogP) is 4.25. The van der Waals surface area contributed by atoms with Crippen LogP contribution in [-0.4, -0.2) is 36.1 Å². The molecule has 1 aliphatic heterocycles. The number of anilines is 1. The van der Waals surface area contributed by atoms with Crippen LogP contribution >= 0.6 is 27.3 Å². The number of piperazine rings is 1. The van der Waals surface area contributed by atoms with Crippen LogP contribution in [0.4, 0.5) is 5.69 Å². The molecule has 1 saturated heterocycles. The summed E-state index contributed by atoms with van der Waals surface area (Å²) in [6, 6.07) is 16.5. The molecule has 0 aliphatic carbocycles. The smallest absolute Gasteiger partial charge is 0.108 e. The molecular formula is C19H17BrN4S. The van der Waals surface area contributed by atoms with Gasteiger partial charge in [-0.1, -0.05) is 28.1 Å². The van der Waals surface area contributed by atoms with E-state index in [9.17, 15) is 5.26 Å². The number of para-hydroxylation sites is 1. The van der Waals surface area contributed by atoms with Gasteiger partial charge in [-0.3, -0.25) is 4.90 Å². The molecular weight excluding hydrogens is 396 g/mol. The number of hydrogen-bond acceptors (Lipinski definition) is 5. The number of fused-ring (bicyclic) bond motifs is 1. The van der Waals surface area contributed by atoms with Crippen molar-refractivity contribution in [3.05, 3.63) is 57.5 Å². The van der Waals surface area contributed by atoms with E-state index >= 15 is 0 Å². The minimum absolute atomic E-state index is 0.739. The second kappa shape index (κ2) is 7.12. The Labute approximate surface area is 159 Å². The first kappa shape index (κ1) is 16.5.